The van der Waals surface area contributed by atoms with E-state index in [4.69, 9.17) is 0 Å². The Morgan fingerprint density at radius 2 is 1.12 bits per heavy atom. The summed E-state index contributed by atoms with van der Waals surface area (Å²) in [6.45, 7) is 0. The third-order valence-corrected chi connectivity index (χ3v) is 2.48. The lowest BCUT2D eigenvalue weighted by Gasteiger charge is -2.30. The first-order valence-corrected chi connectivity index (χ1v) is 4.54. The molecule has 0 amide bonds. The van der Waals surface area contributed by atoms with Crippen molar-refractivity contribution in [2.45, 2.75) is 28.1 Å². The molecule has 1 rings (SSSR count). The van der Waals surface area contributed by atoms with E-state index >= 15 is 0 Å². The molecule has 0 aliphatic carbocycles. The van der Waals surface area contributed by atoms with E-state index in [1.807, 2.05) is 0 Å². The topological polar surface area (TPSA) is 18.5 Å². The Kier molecular flexibility index (Phi) is 3.13. The van der Waals surface area contributed by atoms with Crippen molar-refractivity contribution in [1.82, 2.24) is 0 Å². The van der Waals surface area contributed by atoms with Crippen LogP contribution in [0.15, 0.2) is 0 Å². The fraction of sp³-hybridized carbons (Fsp3) is 1.00. The molecule has 0 spiro atoms. The molecule has 2 nitrogen and oxygen atoms in total. The van der Waals surface area contributed by atoms with Gasteiger partial charge in [-0.2, -0.15) is 39.5 Å². The summed E-state index contributed by atoms with van der Waals surface area (Å²) in [7, 11) is 0. The Labute approximate surface area is 100 Å². The summed E-state index contributed by atoms with van der Waals surface area (Å²) in [4.78, 5) is 0. The summed E-state index contributed by atoms with van der Waals surface area (Å²) in [6, 6.07) is 0. The van der Waals surface area contributed by atoms with Crippen LogP contribution in [0, 0.1) is 0 Å². The maximum absolute atomic E-state index is 12.8. The summed E-state index contributed by atoms with van der Waals surface area (Å²) in [5.74, 6) is -5.70. The van der Waals surface area contributed by atoms with Gasteiger partial charge in [-0.15, -0.1) is 0 Å². The Balaban J connectivity index is 3.34. The van der Waals surface area contributed by atoms with Crippen molar-refractivity contribution < 1.29 is 49.0 Å². The zero-order chi connectivity index (χ0) is 13.9. The quantitative estimate of drug-likeness (QED) is 0.358. The highest BCUT2D eigenvalue weighted by Gasteiger charge is 2.87. The van der Waals surface area contributed by atoms with E-state index in [-0.39, 0.29) is 22.6 Å². The van der Waals surface area contributed by atoms with Crippen LogP contribution in [0.2, 0.25) is 0 Å². The number of ether oxygens (including phenoxy) is 2. The summed E-state index contributed by atoms with van der Waals surface area (Å²) < 4.78 is 111. The standard InChI is InChI=1S/C5F9IO2/c6-2(7,8)1(3(9,10)11)16-4(12,13)5(14,15)17-1. The molecule has 1 saturated heterocycles. The van der Waals surface area contributed by atoms with E-state index in [0.29, 0.717) is 0 Å². The second-order valence-corrected chi connectivity index (χ2v) is 4.24. The van der Waals surface area contributed by atoms with Crippen molar-refractivity contribution in [2.24, 2.45) is 0 Å². The monoisotopic (exact) mass is 390 g/mol. The Bertz CT molecular complexity index is 286. The molecule has 0 aromatic carbocycles. The minimum Gasteiger partial charge on any atom is -0.282 e. The van der Waals surface area contributed by atoms with Crippen molar-refractivity contribution >= 4 is 22.6 Å². The molecule has 1 heterocycles. The predicted octanol–water partition coefficient (Wildman–Crippen LogP) is 3.51. The van der Waals surface area contributed by atoms with E-state index in [2.05, 4.69) is 9.47 Å². The molecule has 0 aromatic rings. The van der Waals surface area contributed by atoms with Crippen LogP contribution in [-0.4, -0.2) is 28.1 Å². The first-order chi connectivity index (χ1) is 7.16. The van der Waals surface area contributed by atoms with Crippen LogP contribution in [0.1, 0.15) is 0 Å². The van der Waals surface area contributed by atoms with Crippen molar-refractivity contribution in [2.75, 3.05) is 0 Å². The van der Waals surface area contributed by atoms with E-state index in [9.17, 15) is 39.5 Å². The molecular weight excluding hydrogens is 390 g/mol. The molecule has 17 heavy (non-hydrogen) atoms. The zero-order valence-corrected chi connectivity index (χ0v) is 9.25. The van der Waals surface area contributed by atoms with Gasteiger partial charge in [0.1, 0.15) is 0 Å². The molecule has 1 aliphatic rings. The molecule has 12 heteroatoms. The van der Waals surface area contributed by atoms with Gasteiger partial charge < -0.3 is 0 Å². The third kappa shape index (κ3) is 2.07. The molecule has 0 radical (unpaired) electrons. The molecule has 1 fully saturated rings. The van der Waals surface area contributed by atoms with Gasteiger partial charge in [0, 0.05) is 22.6 Å². The highest BCUT2D eigenvalue weighted by atomic mass is 127. The number of alkyl halides is 10. The minimum absolute atomic E-state index is 0.0498. The van der Waals surface area contributed by atoms with Gasteiger partial charge in [-0.05, 0) is 0 Å². The fourth-order valence-electron chi connectivity index (χ4n) is 0.893. The van der Waals surface area contributed by atoms with Gasteiger partial charge in [0.25, 0.3) is 0 Å². The van der Waals surface area contributed by atoms with E-state index in [1.54, 1.807) is 0 Å². The van der Waals surface area contributed by atoms with Crippen molar-refractivity contribution in [3.05, 3.63) is 0 Å². The fourth-order valence-corrected chi connectivity index (χ4v) is 1.31. The molecule has 0 saturated carbocycles. The number of hydrogen-bond donors (Lipinski definition) is 0. The van der Waals surface area contributed by atoms with Gasteiger partial charge in [0.05, 0.1) is 0 Å². The number of halogens is 10. The molecule has 102 valence electrons. The van der Waals surface area contributed by atoms with Crippen LogP contribution in [0.25, 0.3) is 0 Å². The summed E-state index contributed by atoms with van der Waals surface area (Å²) in [6.07, 6.45) is -18.3. The molecule has 0 N–H and O–H groups in total. The Hall–Kier alpha value is 0.0200. The van der Waals surface area contributed by atoms with Gasteiger partial charge in [-0.3, -0.25) is 9.47 Å². The maximum Gasteiger partial charge on any atom is 0.453 e. The summed E-state index contributed by atoms with van der Waals surface area (Å²) >= 11 is -0.0498. The third-order valence-electron chi connectivity index (χ3n) is 1.63. The highest BCUT2D eigenvalue weighted by Crippen LogP contribution is 2.61. The average molecular weight is 390 g/mol. The van der Waals surface area contributed by atoms with Crippen LogP contribution in [0.5, 0.6) is 0 Å². The normalized spacial score (nSPS) is 32.8. The first-order valence-electron chi connectivity index (χ1n) is 3.46. The minimum atomic E-state index is -6.42. The van der Waals surface area contributed by atoms with E-state index in [1.165, 1.54) is 0 Å². The average Bonchev–Trinajstić information content (AvgIpc) is 2.15. The largest absolute Gasteiger partial charge is 0.453 e. The second-order valence-electron chi connectivity index (χ2n) is 2.85. The highest BCUT2D eigenvalue weighted by molar-refractivity contribution is 14.1. The lowest BCUT2D eigenvalue weighted by Crippen LogP contribution is -2.58. The Morgan fingerprint density at radius 3 is 1.24 bits per heavy atom. The van der Waals surface area contributed by atoms with E-state index in [0.717, 1.165) is 0 Å². The first kappa shape index (κ1) is 15.1. The number of rotatable bonds is 0. The maximum atomic E-state index is 12.8. The lowest BCUT2D eigenvalue weighted by molar-refractivity contribution is -0.462. The van der Waals surface area contributed by atoms with Gasteiger partial charge in [-0.25, -0.2) is 0 Å². The van der Waals surface area contributed by atoms with Gasteiger partial charge in [0.2, 0.25) is 0 Å². The Morgan fingerprint density at radius 1 is 0.765 bits per heavy atom. The summed E-state index contributed by atoms with van der Waals surface area (Å²) in [5.41, 5.74) is 0. The van der Waals surface area contributed by atoms with E-state index < -0.39 is 28.1 Å². The lowest BCUT2D eigenvalue weighted by atomic mass is 10.2. The van der Waals surface area contributed by atoms with Crippen molar-refractivity contribution in [3.63, 3.8) is 0 Å². The van der Waals surface area contributed by atoms with Crippen LogP contribution in [0.4, 0.5) is 39.5 Å². The van der Waals surface area contributed by atoms with Crippen LogP contribution in [0.3, 0.4) is 0 Å². The van der Waals surface area contributed by atoms with Crippen molar-refractivity contribution in [1.29, 1.82) is 0 Å². The molecule has 1 atom stereocenters. The molecule has 1 aliphatic heterocycles. The summed E-state index contributed by atoms with van der Waals surface area (Å²) in [5, 5.41) is 0. The van der Waals surface area contributed by atoms with Crippen LogP contribution in [-0.2, 0) is 9.47 Å². The molecule has 0 aromatic heterocycles. The SMILES string of the molecule is FC(F)(F)C1(C(F)(F)F)OC(F)(F)C(F)(I)O1. The molecule has 0 bridgehead atoms. The van der Waals surface area contributed by atoms with Crippen LogP contribution >= 0.6 is 22.6 Å². The second kappa shape index (κ2) is 3.53. The van der Waals surface area contributed by atoms with Crippen molar-refractivity contribution in [3.8, 4) is 0 Å². The van der Waals surface area contributed by atoms with Gasteiger partial charge >= 0.3 is 28.1 Å². The smallest absolute Gasteiger partial charge is 0.282 e. The van der Waals surface area contributed by atoms with Crippen LogP contribution < -0.4 is 0 Å². The molecular formula is C5F9IO2. The zero-order valence-electron chi connectivity index (χ0n) is 7.10. The van der Waals surface area contributed by atoms with Gasteiger partial charge in [0.15, 0.2) is 0 Å². The number of hydrogen-bond acceptors (Lipinski definition) is 2. The van der Waals surface area contributed by atoms with Gasteiger partial charge in [-0.1, -0.05) is 0 Å². The molecule has 1 unspecified atom stereocenters. The predicted molar refractivity (Wildman–Crippen MR) is 39.8 cm³/mol.